The number of nitrogens with one attached hydrogen (secondary N) is 1. The topological polar surface area (TPSA) is 41.6 Å². The number of rotatable bonds is 3. The molecule has 2 aliphatic rings. The molecular weight excluding hydrogens is 264 g/mol. The zero-order valence-electron chi connectivity index (χ0n) is 14.4. The number of carbonyl (C=O) groups excluding carboxylic acids is 1. The Kier molecular flexibility index (Phi) is 4.99. The quantitative estimate of drug-likeness (QED) is 0.813. The highest BCUT2D eigenvalue weighted by atomic mass is 16.5. The summed E-state index contributed by atoms with van der Waals surface area (Å²) in [7, 11) is 1.50. The fourth-order valence-electron chi connectivity index (χ4n) is 4.28. The molecule has 0 aromatic carbocycles. The van der Waals surface area contributed by atoms with Gasteiger partial charge in [-0.3, -0.25) is 9.69 Å². The average Bonchev–Trinajstić information content (AvgIpc) is 2.42. The number of hydrogen-bond donors (Lipinski definition) is 1. The smallest absolute Gasteiger partial charge is 0.308 e. The molecule has 21 heavy (non-hydrogen) atoms. The van der Waals surface area contributed by atoms with Gasteiger partial charge in [-0.1, -0.05) is 0 Å². The van der Waals surface area contributed by atoms with E-state index in [2.05, 4.69) is 37.9 Å². The molecule has 4 heteroatoms. The summed E-state index contributed by atoms with van der Waals surface area (Å²) in [4.78, 5) is 14.4. The molecule has 0 aromatic heterocycles. The summed E-state index contributed by atoms with van der Waals surface area (Å²) in [6, 6.07) is 0.388. The maximum atomic E-state index is 11.8. The summed E-state index contributed by atoms with van der Waals surface area (Å²) >= 11 is 0. The summed E-state index contributed by atoms with van der Waals surface area (Å²) in [6.07, 6.45) is 5.61. The third kappa shape index (κ3) is 3.78. The van der Waals surface area contributed by atoms with Gasteiger partial charge in [0.05, 0.1) is 13.0 Å². The first kappa shape index (κ1) is 16.8. The predicted molar refractivity (Wildman–Crippen MR) is 85.2 cm³/mol. The number of ether oxygens (including phenoxy) is 1. The van der Waals surface area contributed by atoms with E-state index in [-0.39, 0.29) is 23.0 Å². The second-order valence-corrected chi connectivity index (χ2v) is 7.98. The van der Waals surface area contributed by atoms with Crippen molar-refractivity contribution in [1.29, 1.82) is 0 Å². The summed E-state index contributed by atoms with van der Waals surface area (Å²) < 4.78 is 4.93. The van der Waals surface area contributed by atoms with Gasteiger partial charge in [0.15, 0.2) is 0 Å². The highest BCUT2D eigenvalue weighted by Gasteiger charge is 2.42. The lowest BCUT2D eigenvalue weighted by molar-refractivity contribution is -0.146. The third-order valence-corrected chi connectivity index (χ3v) is 5.47. The Bertz CT molecular complexity index is 363. The summed E-state index contributed by atoms with van der Waals surface area (Å²) in [5.41, 5.74) is 0.475. The van der Waals surface area contributed by atoms with Crippen molar-refractivity contribution in [1.82, 2.24) is 10.2 Å². The molecule has 0 amide bonds. The van der Waals surface area contributed by atoms with Crippen molar-refractivity contribution >= 4 is 5.97 Å². The zero-order valence-corrected chi connectivity index (χ0v) is 14.4. The van der Waals surface area contributed by atoms with Gasteiger partial charge >= 0.3 is 5.97 Å². The SMILES string of the molecule is COC(=O)[C@H]1CCN[C@@H](CN2C(C)(C)CCCC2(C)C)C1. The minimum Gasteiger partial charge on any atom is -0.469 e. The first-order valence-electron chi connectivity index (χ1n) is 8.35. The standard InChI is InChI=1S/C17H32N2O2/c1-16(2)8-6-9-17(3,4)19(16)12-14-11-13(7-10-18-14)15(20)21-5/h13-14,18H,6-12H2,1-5H3/t13-,14+/m0/s1. The van der Waals surface area contributed by atoms with E-state index in [0.29, 0.717) is 6.04 Å². The maximum absolute atomic E-state index is 11.8. The maximum Gasteiger partial charge on any atom is 0.308 e. The van der Waals surface area contributed by atoms with E-state index in [1.54, 1.807) is 0 Å². The molecule has 4 nitrogen and oxygen atoms in total. The highest BCUT2D eigenvalue weighted by Crippen LogP contribution is 2.38. The molecule has 2 fully saturated rings. The van der Waals surface area contributed by atoms with Gasteiger partial charge in [-0.15, -0.1) is 0 Å². The Morgan fingerprint density at radius 3 is 2.43 bits per heavy atom. The Balaban J connectivity index is 2.03. The Morgan fingerprint density at radius 1 is 1.24 bits per heavy atom. The van der Waals surface area contributed by atoms with Gasteiger partial charge < -0.3 is 10.1 Å². The predicted octanol–water partition coefficient (Wildman–Crippen LogP) is 2.57. The molecule has 0 bridgehead atoms. The fraction of sp³-hybridized carbons (Fsp3) is 0.941. The van der Waals surface area contributed by atoms with E-state index in [9.17, 15) is 4.79 Å². The van der Waals surface area contributed by atoms with Crippen LogP contribution in [0.15, 0.2) is 0 Å². The van der Waals surface area contributed by atoms with Crippen molar-refractivity contribution in [3.63, 3.8) is 0 Å². The fourth-order valence-corrected chi connectivity index (χ4v) is 4.28. The van der Waals surface area contributed by atoms with Crippen LogP contribution in [0, 0.1) is 5.92 Å². The normalized spacial score (nSPS) is 32.6. The van der Waals surface area contributed by atoms with Crippen LogP contribution in [-0.4, -0.2) is 48.2 Å². The van der Waals surface area contributed by atoms with E-state index >= 15 is 0 Å². The lowest BCUT2D eigenvalue weighted by atomic mass is 9.79. The van der Waals surface area contributed by atoms with Gasteiger partial charge in [0.25, 0.3) is 0 Å². The van der Waals surface area contributed by atoms with Crippen molar-refractivity contribution in [2.75, 3.05) is 20.2 Å². The Hall–Kier alpha value is -0.610. The monoisotopic (exact) mass is 296 g/mol. The van der Waals surface area contributed by atoms with Gasteiger partial charge in [-0.05, 0) is 66.3 Å². The van der Waals surface area contributed by atoms with Crippen LogP contribution in [0.4, 0.5) is 0 Å². The minimum absolute atomic E-state index is 0.0429. The van der Waals surface area contributed by atoms with Crippen molar-refractivity contribution < 1.29 is 9.53 Å². The number of methoxy groups -OCH3 is 1. The molecule has 0 spiro atoms. The number of piperidine rings is 2. The van der Waals surface area contributed by atoms with Crippen molar-refractivity contribution in [3.8, 4) is 0 Å². The molecule has 1 N–H and O–H groups in total. The molecule has 2 heterocycles. The van der Waals surface area contributed by atoms with Crippen LogP contribution >= 0.6 is 0 Å². The second kappa shape index (κ2) is 6.25. The van der Waals surface area contributed by atoms with Crippen molar-refractivity contribution in [3.05, 3.63) is 0 Å². The minimum atomic E-state index is -0.0429. The van der Waals surface area contributed by atoms with Gasteiger partial charge in [0.2, 0.25) is 0 Å². The van der Waals surface area contributed by atoms with Crippen LogP contribution in [0.2, 0.25) is 0 Å². The van der Waals surface area contributed by atoms with E-state index in [1.807, 2.05) is 0 Å². The van der Waals surface area contributed by atoms with Gasteiger partial charge in [-0.25, -0.2) is 0 Å². The van der Waals surface area contributed by atoms with Gasteiger partial charge in [0, 0.05) is 23.7 Å². The Labute approximate surface area is 129 Å². The first-order chi connectivity index (χ1) is 9.76. The van der Waals surface area contributed by atoms with Crippen LogP contribution in [0.5, 0.6) is 0 Å². The van der Waals surface area contributed by atoms with Gasteiger partial charge in [0.1, 0.15) is 0 Å². The largest absolute Gasteiger partial charge is 0.469 e. The number of hydrogen-bond acceptors (Lipinski definition) is 4. The van der Waals surface area contributed by atoms with Crippen LogP contribution in [-0.2, 0) is 9.53 Å². The molecule has 0 radical (unpaired) electrons. The third-order valence-electron chi connectivity index (χ3n) is 5.47. The zero-order chi connectivity index (χ0) is 15.7. The lowest BCUT2D eigenvalue weighted by Crippen LogP contribution is -2.62. The van der Waals surface area contributed by atoms with Crippen molar-refractivity contribution in [2.45, 2.75) is 76.9 Å². The summed E-state index contributed by atoms with van der Waals surface area (Å²) in [5.74, 6) is 0.0240. The molecule has 0 aliphatic carbocycles. The molecule has 2 aliphatic heterocycles. The summed E-state index contributed by atoms with van der Waals surface area (Å²) in [6.45, 7) is 11.4. The molecule has 2 saturated heterocycles. The number of carbonyl (C=O) groups is 1. The highest BCUT2D eigenvalue weighted by molar-refractivity contribution is 5.72. The molecule has 0 aromatic rings. The molecule has 2 atom stereocenters. The van der Waals surface area contributed by atoms with Gasteiger partial charge in [-0.2, -0.15) is 0 Å². The number of likely N-dealkylation sites (tertiary alicyclic amines) is 1. The van der Waals surface area contributed by atoms with Crippen molar-refractivity contribution in [2.24, 2.45) is 5.92 Å². The Morgan fingerprint density at radius 2 is 1.86 bits per heavy atom. The van der Waals surface area contributed by atoms with Crippen LogP contribution in [0.25, 0.3) is 0 Å². The first-order valence-corrected chi connectivity index (χ1v) is 8.35. The summed E-state index contributed by atoms with van der Waals surface area (Å²) in [5, 5.41) is 3.60. The number of nitrogens with zero attached hydrogens (tertiary/aromatic N) is 1. The number of esters is 1. The van der Waals surface area contributed by atoms with E-state index in [1.165, 1.54) is 26.4 Å². The van der Waals surface area contributed by atoms with E-state index < -0.39 is 0 Å². The van der Waals surface area contributed by atoms with E-state index in [0.717, 1.165) is 25.9 Å². The second-order valence-electron chi connectivity index (χ2n) is 7.98. The van der Waals surface area contributed by atoms with E-state index in [4.69, 9.17) is 4.74 Å². The average molecular weight is 296 g/mol. The molecular formula is C17H32N2O2. The molecule has 2 rings (SSSR count). The molecule has 122 valence electrons. The van der Waals surface area contributed by atoms with Crippen LogP contribution in [0.3, 0.4) is 0 Å². The molecule has 0 saturated carbocycles. The van der Waals surface area contributed by atoms with Crippen LogP contribution in [0.1, 0.15) is 59.8 Å². The lowest BCUT2D eigenvalue weighted by Gasteiger charge is -2.54. The molecule has 0 unspecified atom stereocenters. The van der Waals surface area contributed by atoms with Crippen LogP contribution < -0.4 is 5.32 Å².